The van der Waals surface area contributed by atoms with E-state index in [-0.39, 0.29) is 11.9 Å². The minimum absolute atomic E-state index is 0.00385. The molecule has 0 unspecified atom stereocenters. The van der Waals surface area contributed by atoms with Crippen LogP contribution in [0.4, 0.5) is 0 Å². The first-order valence-corrected chi connectivity index (χ1v) is 8.02. The number of carbonyl (C=O) groups excluding carboxylic acids is 1. The van der Waals surface area contributed by atoms with E-state index in [9.17, 15) is 4.79 Å². The van der Waals surface area contributed by atoms with Crippen molar-refractivity contribution in [3.8, 4) is 0 Å². The first kappa shape index (κ1) is 16.0. The Morgan fingerprint density at radius 1 is 1.12 bits per heavy atom. The monoisotopic (exact) mass is 323 g/mol. The standard InChI is InChI=1S/C18H21N5O/c1-15-8-12-22(21-15)13-9-18(24)20-17(14-23-11-5-10-19-23)16-6-3-2-4-7-16/h2-8,10-12,17H,9,13-14H2,1H3,(H,20,24)/t17-/m0/s1. The SMILES string of the molecule is Cc1ccn(CCC(=O)N[C@@H](Cn2cccn2)c2ccccc2)n1. The Bertz CT molecular complexity index is 764. The van der Waals surface area contributed by atoms with Crippen molar-refractivity contribution in [1.82, 2.24) is 24.9 Å². The van der Waals surface area contributed by atoms with Crippen LogP contribution < -0.4 is 5.32 Å². The Labute approximate surface area is 141 Å². The summed E-state index contributed by atoms with van der Waals surface area (Å²) >= 11 is 0. The second-order valence-corrected chi connectivity index (χ2v) is 5.73. The zero-order valence-electron chi connectivity index (χ0n) is 13.7. The second kappa shape index (κ2) is 7.59. The molecule has 0 saturated carbocycles. The molecule has 0 aliphatic heterocycles. The van der Waals surface area contributed by atoms with Crippen molar-refractivity contribution in [3.63, 3.8) is 0 Å². The fourth-order valence-electron chi connectivity index (χ4n) is 2.59. The van der Waals surface area contributed by atoms with Gasteiger partial charge in [0.15, 0.2) is 0 Å². The molecule has 0 aliphatic rings. The maximum Gasteiger partial charge on any atom is 0.222 e. The van der Waals surface area contributed by atoms with Crippen molar-refractivity contribution in [2.24, 2.45) is 0 Å². The number of hydrogen-bond donors (Lipinski definition) is 1. The molecule has 0 fully saturated rings. The van der Waals surface area contributed by atoms with Crippen LogP contribution >= 0.6 is 0 Å². The lowest BCUT2D eigenvalue weighted by Gasteiger charge is -2.19. The molecule has 0 saturated heterocycles. The summed E-state index contributed by atoms with van der Waals surface area (Å²) in [6, 6.07) is 13.7. The highest BCUT2D eigenvalue weighted by molar-refractivity contribution is 5.76. The number of benzene rings is 1. The van der Waals surface area contributed by atoms with E-state index in [1.54, 1.807) is 10.9 Å². The van der Waals surface area contributed by atoms with Gasteiger partial charge in [-0.1, -0.05) is 30.3 Å². The van der Waals surface area contributed by atoms with E-state index >= 15 is 0 Å². The molecule has 2 heterocycles. The van der Waals surface area contributed by atoms with Crippen molar-refractivity contribution in [2.45, 2.75) is 32.5 Å². The van der Waals surface area contributed by atoms with Gasteiger partial charge in [0.25, 0.3) is 0 Å². The average molecular weight is 323 g/mol. The van der Waals surface area contributed by atoms with Gasteiger partial charge in [-0.3, -0.25) is 14.2 Å². The van der Waals surface area contributed by atoms with Gasteiger partial charge in [0.05, 0.1) is 18.3 Å². The lowest BCUT2D eigenvalue weighted by Crippen LogP contribution is -2.32. The van der Waals surface area contributed by atoms with Gasteiger partial charge in [-0.25, -0.2) is 0 Å². The lowest BCUT2D eigenvalue weighted by molar-refractivity contribution is -0.122. The molecule has 2 aromatic heterocycles. The Morgan fingerprint density at radius 3 is 2.62 bits per heavy atom. The fourth-order valence-corrected chi connectivity index (χ4v) is 2.59. The predicted octanol–water partition coefficient (Wildman–Crippen LogP) is 2.34. The number of nitrogens with one attached hydrogen (secondary N) is 1. The van der Waals surface area contributed by atoms with Gasteiger partial charge < -0.3 is 5.32 Å². The van der Waals surface area contributed by atoms with Crippen LogP contribution in [0.15, 0.2) is 61.1 Å². The minimum Gasteiger partial charge on any atom is -0.347 e. The summed E-state index contributed by atoms with van der Waals surface area (Å²) in [5.74, 6) is 0.00385. The van der Waals surface area contributed by atoms with Gasteiger partial charge in [-0.2, -0.15) is 10.2 Å². The average Bonchev–Trinajstić information content (AvgIpc) is 3.25. The molecule has 124 valence electrons. The first-order valence-electron chi connectivity index (χ1n) is 8.02. The molecule has 0 bridgehead atoms. The van der Waals surface area contributed by atoms with Crippen LogP contribution in [0.5, 0.6) is 0 Å². The molecule has 0 spiro atoms. The second-order valence-electron chi connectivity index (χ2n) is 5.73. The number of aromatic nitrogens is 4. The normalized spacial score (nSPS) is 12.0. The van der Waals surface area contributed by atoms with Crippen molar-refractivity contribution in [3.05, 3.63) is 72.3 Å². The highest BCUT2D eigenvalue weighted by atomic mass is 16.1. The van der Waals surface area contributed by atoms with E-state index in [4.69, 9.17) is 0 Å². The third-order valence-corrected chi connectivity index (χ3v) is 3.81. The fraction of sp³-hybridized carbons (Fsp3) is 0.278. The maximum atomic E-state index is 12.4. The van der Waals surface area contributed by atoms with Gasteiger partial charge in [0.2, 0.25) is 5.91 Å². The van der Waals surface area contributed by atoms with E-state index in [2.05, 4.69) is 15.5 Å². The summed E-state index contributed by atoms with van der Waals surface area (Å²) in [5, 5.41) is 11.6. The zero-order valence-corrected chi connectivity index (χ0v) is 13.7. The van der Waals surface area contributed by atoms with E-state index in [1.807, 2.05) is 66.5 Å². The van der Waals surface area contributed by atoms with Crippen LogP contribution in [0.25, 0.3) is 0 Å². The van der Waals surface area contributed by atoms with Crippen LogP contribution in [0.1, 0.15) is 23.7 Å². The Kier molecular flexibility index (Phi) is 5.05. The van der Waals surface area contributed by atoms with Crippen LogP contribution in [-0.2, 0) is 17.9 Å². The molecule has 0 radical (unpaired) electrons. The van der Waals surface area contributed by atoms with Crippen molar-refractivity contribution in [2.75, 3.05) is 0 Å². The Balaban J connectivity index is 1.63. The summed E-state index contributed by atoms with van der Waals surface area (Å²) in [6.07, 6.45) is 5.92. The summed E-state index contributed by atoms with van der Waals surface area (Å²) in [4.78, 5) is 12.4. The number of hydrogen-bond acceptors (Lipinski definition) is 3. The van der Waals surface area contributed by atoms with Crippen molar-refractivity contribution < 1.29 is 4.79 Å². The van der Waals surface area contributed by atoms with Crippen LogP contribution in [0.2, 0.25) is 0 Å². The van der Waals surface area contributed by atoms with E-state index in [0.29, 0.717) is 19.5 Å². The summed E-state index contributed by atoms with van der Waals surface area (Å²) < 4.78 is 3.62. The van der Waals surface area contributed by atoms with Gasteiger partial charge in [0.1, 0.15) is 0 Å². The molecule has 3 rings (SSSR count). The molecule has 6 heteroatoms. The largest absolute Gasteiger partial charge is 0.347 e. The Hall–Kier alpha value is -2.89. The predicted molar refractivity (Wildman–Crippen MR) is 91.1 cm³/mol. The maximum absolute atomic E-state index is 12.4. The molecule has 1 N–H and O–H groups in total. The molecular weight excluding hydrogens is 302 g/mol. The zero-order chi connectivity index (χ0) is 16.8. The van der Waals surface area contributed by atoms with Crippen LogP contribution in [0, 0.1) is 6.92 Å². The van der Waals surface area contributed by atoms with Gasteiger partial charge in [-0.05, 0) is 24.6 Å². The number of carbonyl (C=O) groups is 1. The summed E-state index contributed by atoms with van der Waals surface area (Å²) in [6.45, 7) is 3.11. The quantitative estimate of drug-likeness (QED) is 0.726. The topological polar surface area (TPSA) is 64.7 Å². The van der Waals surface area contributed by atoms with Crippen LogP contribution in [-0.4, -0.2) is 25.5 Å². The highest BCUT2D eigenvalue weighted by Gasteiger charge is 2.15. The summed E-state index contributed by atoms with van der Waals surface area (Å²) in [7, 11) is 0. The smallest absolute Gasteiger partial charge is 0.222 e. The van der Waals surface area contributed by atoms with Crippen LogP contribution in [0.3, 0.4) is 0 Å². The number of nitrogens with zero attached hydrogens (tertiary/aromatic N) is 4. The molecule has 0 aliphatic carbocycles. The number of amides is 1. The minimum atomic E-state index is -0.113. The Morgan fingerprint density at radius 2 is 1.96 bits per heavy atom. The molecule has 6 nitrogen and oxygen atoms in total. The molecule has 1 atom stereocenters. The van der Waals surface area contributed by atoms with Gasteiger partial charge >= 0.3 is 0 Å². The van der Waals surface area contributed by atoms with E-state index in [0.717, 1.165) is 11.3 Å². The van der Waals surface area contributed by atoms with E-state index in [1.165, 1.54) is 0 Å². The number of rotatable bonds is 7. The molecule has 3 aromatic rings. The first-order chi connectivity index (χ1) is 11.7. The third-order valence-electron chi connectivity index (χ3n) is 3.81. The molecule has 1 amide bonds. The van der Waals surface area contributed by atoms with Gasteiger partial charge in [-0.15, -0.1) is 0 Å². The summed E-state index contributed by atoms with van der Waals surface area (Å²) in [5.41, 5.74) is 2.02. The lowest BCUT2D eigenvalue weighted by atomic mass is 10.1. The number of aryl methyl sites for hydroxylation is 2. The molecular formula is C18H21N5O. The molecule has 1 aromatic carbocycles. The van der Waals surface area contributed by atoms with Crippen molar-refractivity contribution >= 4 is 5.91 Å². The van der Waals surface area contributed by atoms with Crippen molar-refractivity contribution in [1.29, 1.82) is 0 Å². The van der Waals surface area contributed by atoms with E-state index < -0.39 is 0 Å². The third kappa shape index (κ3) is 4.32. The van der Waals surface area contributed by atoms with Gasteiger partial charge in [0, 0.05) is 31.6 Å². The molecule has 24 heavy (non-hydrogen) atoms. The highest BCUT2D eigenvalue weighted by Crippen LogP contribution is 2.15.